The fourth-order valence-electron chi connectivity index (χ4n) is 3.46. The Morgan fingerprint density at radius 3 is 2.46 bits per heavy atom. The highest BCUT2D eigenvalue weighted by molar-refractivity contribution is 5.97. The summed E-state index contributed by atoms with van der Waals surface area (Å²) < 4.78 is 10.5. The first kappa shape index (κ1) is 18.3. The Morgan fingerprint density at radius 2 is 1.81 bits per heavy atom. The summed E-state index contributed by atoms with van der Waals surface area (Å²) in [5.41, 5.74) is 1.75. The van der Waals surface area contributed by atoms with Crippen molar-refractivity contribution in [3.8, 4) is 11.5 Å². The predicted molar refractivity (Wildman–Crippen MR) is 102 cm³/mol. The monoisotopic (exact) mass is 354 g/mol. The minimum absolute atomic E-state index is 0.135. The number of likely N-dealkylation sites (tertiary alicyclic amines) is 1. The van der Waals surface area contributed by atoms with Crippen LogP contribution in [-0.4, -0.2) is 44.7 Å². The van der Waals surface area contributed by atoms with Gasteiger partial charge in [-0.3, -0.25) is 9.69 Å². The van der Waals surface area contributed by atoms with E-state index in [9.17, 15) is 4.79 Å². The summed E-state index contributed by atoms with van der Waals surface area (Å²) in [6.45, 7) is 2.71. The average Bonchev–Trinajstić information content (AvgIpc) is 3.22. The smallest absolute Gasteiger partial charge is 0.255 e. The standard InChI is InChI=1S/C21H26N2O3/c1-25-17-10-11-18(20(14-17)26-2)21(24)22-15-19(23-12-6-7-13-23)16-8-4-3-5-9-16/h3-5,8-11,14,19H,6-7,12-13,15H2,1-2H3,(H,22,24)/t19-/m0/s1. The van der Waals surface area contributed by atoms with Gasteiger partial charge >= 0.3 is 0 Å². The third-order valence-corrected chi connectivity index (χ3v) is 4.88. The van der Waals surface area contributed by atoms with Crippen LogP contribution in [0.5, 0.6) is 11.5 Å². The molecule has 1 atom stereocenters. The molecule has 2 aromatic carbocycles. The quantitative estimate of drug-likeness (QED) is 0.829. The molecule has 0 radical (unpaired) electrons. The van der Waals surface area contributed by atoms with E-state index in [1.54, 1.807) is 32.4 Å². The van der Waals surface area contributed by atoms with Gasteiger partial charge in [0, 0.05) is 12.6 Å². The second kappa shape index (κ2) is 8.72. The van der Waals surface area contributed by atoms with Crippen LogP contribution in [-0.2, 0) is 0 Å². The van der Waals surface area contributed by atoms with Gasteiger partial charge in [0.05, 0.1) is 25.8 Å². The number of ether oxygens (including phenoxy) is 2. The van der Waals surface area contributed by atoms with E-state index < -0.39 is 0 Å². The van der Waals surface area contributed by atoms with Crippen LogP contribution >= 0.6 is 0 Å². The fourth-order valence-corrected chi connectivity index (χ4v) is 3.46. The Kier molecular flexibility index (Phi) is 6.12. The summed E-state index contributed by atoms with van der Waals surface area (Å²) >= 11 is 0. The number of carbonyl (C=O) groups excluding carboxylic acids is 1. The van der Waals surface area contributed by atoms with E-state index in [4.69, 9.17) is 9.47 Å². The molecule has 1 saturated heterocycles. The van der Waals surface area contributed by atoms with Crippen LogP contribution in [0.1, 0.15) is 34.8 Å². The van der Waals surface area contributed by atoms with E-state index >= 15 is 0 Å². The lowest BCUT2D eigenvalue weighted by atomic mass is 10.1. The highest BCUT2D eigenvalue weighted by atomic mass is 16.5. The van der Waals surface area contributed by atoms with Crippen molar-refractivity contribution >= 4 is 5.91 Å². The Labute approximate surface area is 154 Å². The fraction of sp³-hybridized carbons (Fsp3) is 0.381. The Hall–Kier alpha value is -2.53. The molecule has 1 amide bonds. The highest BCUT2D eigenvalue weighted by Crippen LogP contribution is 2.26. The third kappa shape index (κ3) is 4.17. The predicted octanol–water partition coefficient (Wildman–Crippen LogP) is 3.27. The minimum atomic E-state index is -0.135. The summed E-state index contributed by atoms with van der Waals surface area (Å²) in [7, 11) is 3.15. The molecule has 0 spiro atoms. The first-order valence-electron chi connectivity index (χ1n) is 9.02. The number of nitrogens with one attached hydrogen (secondary N) is 1. The Balaban J connectivity index is 1.73. The van der Waals surface area contributed by atoms with Crippen molar-refractivity contribution in [3.63, 3.8) is 0 Å². The van der Waals surface area contributed by atoms with Crippen LogP contribution in [0.3, 0.4) is 0 Å². The summed E-state index contributed by atoms with van der Waals surface area (Å²) in [6, 6.07) is 15.8. The molecule has 1 heterocycles. The molecule has 0 saturated carbocycles. The zero-order valence-corrected chi connectivity index (χ0v) is 15.4. The molecule has 5 nitrogen and oxygen atoms in total. The molecule has 0 unspecified atom stereocenters. The van der Waals surface area contributed by atoms with E-state index in [-0.39, 0.29) is 11.9 Å². The third-order valence-electron chi connectivity index (χ3n) is 4.88. The van der Waals surface area contributed by atoms with Crippen LogP contribution in [0.4, 0.5) is 0 Å². The molecule has 3 rings (SSSR count). The normalized spacial score (nSPS) is 15.5. The lowest BCUT2D eigenvalue weighted by Gasteiger charge is -2.28. The van der Waals surface area contributed by atoms with Gasteiger partial charge in [-0.2, -0.15) is 0 Å². The zero-order chi connectivity index (χ0) is 18.4. The number of nitrogens with zero attached hydrogens (tertiary/aromatic N) is 1. The van der Waals surface area contributed by atoms with Gasteiger partial charge in [0.25, 0.3) is 5.91 Å². The van der Waals surface area contributed by atoms with E-state index in [0.29, 0.717) is 23.6 Å². The maximum Gasteiger partial charge on any atom is 0.255 e. The van der Waals surface area contributed by atoms with Crippen LogP contribution in [0.15, 0.2) is 48.5 Å². The van der Waals surface area contributed by atoms with Crippen molar-refractivity contribution in [2.75, 3.05) is 33.9 Å². The van der Waals surface area contributed by atoms with Crippen LogP contribution in [0, 0.1) is 0 Å². The van der Waals surface area contributed by atoms with Gasteiger partial charge in [-0.25, -0.2) is 0 Å². The Bertz CT molecular complexity index is 727. The number of benzene rings is 2. The molecule has 0 aliphatic carbocycles. The summed E-state index contributed by atoms with van der Waals surface area (Å²) in [4.78, 5) is 15.2. The number of rotatable bonds is 7. The first-order chi connectivity index (χ1) is 12.7. The van der Waals surface area contributed by atoms with E-state index in [2.05, 4.69) is 22.3 Å². The zero-order valence-electron chi connectivity index (χ0n) is 15.4. The second-order valence-corrected chi connectivity index (χ2v) is 6.45. The van der Waals surface area contributed by atoms with Gasteiger partial charge < -0.3 is 14.8 Å². The molecule has 1 aliphatic rings. The van der Waals surface area contributed by atoms with E-state index in [1.807, 2.05) is 18.2 Å². The molecule has 0 aromatic heterocycles. The van der Waals surface area contributed by atoms with Crippen molar-refractivity contribution in [2.45, 2.75) is 18.9 Å². The number of carbonyl (C=O) groups is 1. The molecular formula is C21H26N2O3. The number of amides is 1. The molecular weight excluding hydrogens is 328 g/mol. The first-order valence-corrected chi connectivity index (χ1v) is 9.02. The van der Waals surface area contributed by atoms with Crippen molar-refractivity contribution in [3.05, 3.63) is 59.7 Å². The van der Waals surface area contributed by atoms with Gasteiger partial charge in [0.1, 0.15) is 11.5 Å². The lowest BCUT2D eigenvalue weighted by Crippen LogP contribution is -2.36. The molecule has 1 aliphatic heterocycles. The molecule has 5 heteroatoms. The lowest BCUT2D eigenvalue weighted by molar-refractivity contribution is 0.0935. The van der Waals surface area contributed by atoms with E-state index in [1.165, 1.54) is 18.4 Å². The number of hydrogen-bond acceptors (Lipinski definition) is 4. The maximum atomic E-state index is 12.7. The molecule has 1 N–H and O–H groups in total. The number of methoxy groups -OCH3 is 2. The maximum absolute atomic E-state index is 12.7. The number of hydrogen-bond donors (Lipinski definition) is 1. The summed E-state index contributed by atoms with van der Waals surface area (Å²) in [5, 5.41) is 3.09. The average molecular weight is 354 g/mol. The largest absolute Gasteiger partial charge is 0.497 e. The molecule has 0 bridgehead atoms. The van der Waals surface area contributed by atoms with Crippen LogP contribution < -0.4 is 14.8 Å². The van der Waals surface area contributed by atoms with Crippen LogP contribution in [0.2, 0.25) is 0 Å². The summed E-state index contributed by atoms with van der Waals surface area (Å²) in [6.07, 6.45) is 2.42. The molecule has 1 fully saturated rings. The molecule has 26 heavy (non-hydrogen) atoms. The van der Waals surface area contributed by atoms with Gasteiger partial charge in [-0.05, 0) is 43.6 Å². The van der Waals surface area contributed by atoms with Gasteiger partial charge in [0.2, 0.25) is 0 Å². The Morgan fingerprint density at radius 1 is 1.08 bits per heavy atom. The van der Waals surface area contributed by atoms with Crippen molar-refractivity contribution < 1.29 is 14.3 Å². The van der Waals surface area contributed by atoms with Crippen molar-refractivity contribution in [2.24, 2.45) is 0 Å². The second-order valence-electron chi connectivity index (χ2n) is 6.45. The van der Waals surface area contributed by atoms with Gasteiger partial charge in [-0.15, -0.1) is 0 Å². The molecule has 2 aromatic rings. The topological polar surface area (TPSA) is 50.8 Å². The SMILES string of the molecule is COc1ccc(C(=O)NC[C@@H](c2ccccc2)N2CCCC2)c(OC)c1. The van der Waals surface area contributed by atoms with Crippen molar-refractivity contribution in [1.82, 2.24) is 10.2 Å². The van der Waals surface area contributed by atoms with Crippen molar-refractivity contribution in [1.29, 1.82) is 0 Å². The minimum Gasteiger partial charge on any atom is -0.497 e. The van der Waals surface area contributed by atoms with Gasteiger partial charge in [-0.1, -0.05) is 30.3 Å². The highest BCUT2D eigenvalue weighted by Gasteiger charge is 2.24. The summed E-state index contributed by atoms with van der Waals surface area (Å²) in [5.74, 6) is 1.04. The van der Waals surface area contributed by atoms with E-state index in [0.717, 1.165) is 13.1 Å². The molecule has 138 valence electrons. The van der Waals surface area contributed by atoms with Crippen LogP contribution in [0.25, 0.3) is 0 Å². The van der Waals surface area contributed by atoms with Gasteiger partial charge in [0.15, 0.2) is 0 Å².